The largest absolute Gasteiger partial charge is 0.497 e. The van der Waals surface area contributed by atoms with Crippen LogP contribution in [0.2, 0.25) is 5.02 Å². The van der Waals surface area contributed by atoms with Crippen molar-refractivity contribution in [3.05, 3.63) is 83.1 Å². The van der Waals surface area contributed by atoms with Gasteiger partial charge in [0.2, 0.25) is 0 Å². The number of methoxy groups -OCH3 is 1. The van der Waals surface area contributed by atoms with Crippen molar-refractivity contribution in [2.75, 3.05) is 30.4 Å². The monoisotopic (exact) mass is 450 g/mol. The molecular formula is C25H27ClN4O2. The molecule has 4 rings (SSSR count). The van der Waals surface area contributed by atoms with Crippen molar-refractivity contribution in [3.8, 4) is 5.75 Å². The van der Waals surface area contributed by atoms with Crippen LogP contribution in [0.3, 0.4) is 0 Å². The second-order valence-electron chi connectivity index (χ2n) is 7.99. The smallest absolute Gasteiger partial charge is 0.319 e. The fourth-order valence-electron chi connectivity index (χ4n) is 4.22. The summed E-state index contributed by atoms with van der Waals surface area (Å²) in [4.78, 5) is 19.3. The predicted molar refractivity (Wildman–Crippen MR) is 129 cm³/mol. The summed E-state index contributed by atoms with van der Waals surface area (Å²) in [6.45, 7) is 3.72. The van der Waals surface area contributed by atoms with Gasteiger partial charge in [-0.05, 0) is 66.9 Å². The highest BCUT2D eigenvalue weighted by Gasteiger charge is 2.32. The number of hydrogen-bond donors (Lipinski definition) is 2. The van der Waals surface area contributed by atoms with Crippen molar-refractivity contribution in [3.63, 3.8) is 0 Å². The van der Waals surface area contributed by atoms with Gasteiger partial charge in [-0.1, -0.05) is 23.7 Å². The normalized spacial score (nSPS) is 18.2. The quantitative estimate of drug-likeness (QED) is 0.558. The fraction of sp³-hybridized carbons (Fsp3) is 0.280. The summed E-state index contributed by atoms with van der Waals surface area (Å²) < 4.78 is 5.32. The average Bonchev–Trinajstić information content (AvgIpc) is 2.81. The molecule has 0 radical (unpaired) electrons. The molecule has 166 valence electrons. The number of ether oxygens (including phenoxy) is 1. The summed E-state index contributed by atoms with van der Waals surface area (Å²) in [6, 6.07) is 17.0. The minimum atomic E-state index is -0.218. The molecule has 2 N–H and O–H groups in total. The van der Waals surface area contributed by atoms with Crippen molar-refractivity contribution in [1.29, 1.82) is 0 Å². The highest BCUT2D eigenvalue weighted by Crippen LogP contribution is 2.32. The number of pyridine rings is 1. The summed E-state index contributed by atoms with van der Waals surface area (Å²) in [5.41, 5.74) is 4.20. The Morgan fingerprint density at radius 3 is 2.56 bits per heavy atom. The van der Waals surface area contributed by atoms with Gasteiger partial charge in [0.1, 0.15) is 5.75 Å². The van der Waals surface area contributed by atoms with Gasteiger partial charge in [-0.3, -0.25) is 4.98 Å². The van der Waals surface area contributed by atoms with E-state index in [1.54, 1.807) is 31.4 Å². The summed E-state index contributed by atoms with van der Waals surface area (Å²) in [6.07, 6.45) is 4.54. The van der Waals surface area contributed by atoms with E-state index in [1.165, 1.54) is 11.3 Å². The molecule has 0 spiro atoms. The first-order valence-corrected chi connectivity index (χ1v) is 11.0. The van der Waals surface area contributed by atoms with Gasteiger partial charge in [0.15, 0.2) is 0 Å². The van der Waals surface area contributed by atoms with E-state index in [0.717, 1.165) is 30.8 Å². The van der Waals surface area contributed by atoms with Gasteiger partial charge in [0.05, 0.1) is 7.11 Å². The standard InChI is InChI=1S/C25H27ClN4O2/c1-17-15-27-13-11-24(17)30-14-12-23(22(16-30)18-3-9-21(32-2)10-4-18)29-25(31)28-20-7-5-19(26)6-8-20/h3-11,13,15,22-23H,12,14,16H2,1-2H3,(H2,28,29,31). The van der Waals surface area contributed by atoms with Crippen LogP contribution in [0.25, 0.3) is 0 Å². The third-order valence-corrected chi connectivity index (χ3v) is 6.16. The summed E-state index contributed by atoms with van der Waals surface area (Å²) >= 11 is 5.94. The molecule has 1 aliphatic rings. The Bertz CT molecular complexity index is 1060. The molecule has 3 aromatic rings. The van der Waals surface area contributed by atoms with Gasteiger partial charge < -0.3 is 20.3 Å². The lowest BCUT2D eigenvalue weighted by Gasteiger charge is -2.41. The van der Waals surface area contributed by atoms with E-state index in [1.807, 2.05) is 24.5 Å². The van der Waals surface area contributed by atoms with Crippen LogP contribution in [0, 0.1) is 6.92 Å². The predicted octanol–water partition coefficient (Wildman–Crippen LogP) is 5.24. The Morgan fingerprint density at radius 2 is 1.88 bits per heavy atom. The lowest BCUT2D eigenvalue weighted by atomic mass is 9.85. The van der Waals surface area contributed by atoms with Gasteiger partial charge in [0.25, 0.3) is 0 Å². The number of rotatable bonds is 5. The highest BCUT2D eigenvalue weighted by atomic mass is 35.5. The van der Waals surface area contributed by atoms with Gasteiger partial charge in [0, 0.05) is 53.8 Å². The Kier molecular flexibility index (Phi) is 6.81. The second-order valence-corrected chi connectivity index (χ2v) is 8.42. The van der Waals surface area contributed by atoms with Crippen molar-refractivity contribution in [1.82, 2.24) is 10.3 Å². The average molecular weight is 451 g/mol. The van der Waals surface area contributed by atoms with Crippen molar-refractivity contribution >= 4 is 29.0 Å². The topological polar surface area (TPSA) is 66.5 Å². The van der Waals surface area contributed by atoms with Crippen LogP contribution < -0.4 is 20.3 Å². The number of urea groups is 1. The number of aryl methyl sites for hydroxylation is 1. The van der Waals surface area contributed by atoms with E-state index < -0.39 is 0 Å². The minimum absolute atomic E-state index is 0.00547. The molecule has 2 atom stereocenters. The van der Waals surface area contributed by atoms with Gasteiger partial charge in [-0.25, -0.2) is 4.79 Å². The molecule has 6 nitrogen and oxygen atoms in total. The number of nitrogens with one attached hydrogen (secondary N) is 2. The number of carbonyl (C=O) groups excluding carboxylic acids is 1. The molecule has 0 bridgehead atoms. The molecule has 2 heterocycles. The van der Waals surface area contributed by atoms with Crippen LogP contribution in [-0.4, -0.2) is 37.3 Å². The lowest BCUT2D eigenvalue weighted by molar-refractivity contribution is 0.243. The second kappa shape index (κ2) is 9.92. The maximum atomic E-state index is 12.8. The molecule has 1 fully saturated rings. The number of benzene rings is 2. The zero-order chi connectivity index (χ0) is 22.5. The van der Waals surface area contributed by atoms with Crippen molar-refractivity contribution in [2.45, 2.75) is 25.3 Å². The molecule has 1 aromatic heterocycles. The molecule has 2 aromatic carbocycles. The van der Waals surface area contributed by atoms with Gasteiger partial charge in [-0.15, -0.1) is 0 Å². The lowest BCUT2D eigenvalue weighted by Crippen LogP contribution is -2.51. The van der Waals surface area contributed by atoms with E-state index in [-0.39, 0.29) is 18.0 Å². The number of anilines is 2. The van der Waals surface area contributed by atoms with Crippen LogP contribution in [0.5, 0.6) is 5.75 Å². The molecule has 2 unspecified atom stereocenters. The number of halogens is 1. The summed E-state index contributed by atoms with van der Waals surface area (Å²) in [7, 11) is 1.66. The van der Waals surface area contributed by atoms with Gasteiger partial charge in [-0.2, -0.15) is 0 Å². The van der Waals surface area contributed by atoms with Crippen molar-refractivity contribution in [2.24, 2.45) is 0 Å². The van der Waals surface area contributed by atoms with Gasteiger partial charge >= 0.3 is 6.03 Å². The van der Waals surface area contributed by atoms with E-state index in [9.17, 15) is 4.79 Å². The fourth-order valence-corrected chi connectivity index (χ4v) is 4.35. The Labute approximate surface area is 193 Å². The first kappa shape index (κ1) is 22.0. The first-order valence-electron chi connectivity index (χ1n) is 10.7. The molecule has 0 aliphatic carbocycles. The highest BCUT2D eigenvalue weighted by molar-refractivity contribution is 6.30. The maximum Gasteiger partial charge on any atom is 0.319 e. The van der Waals surface area contributed by atoms with Crippen LogP contribution in [0.4, 0.5) is 16.2 Å². The molecular weight excluding hydrogens is 424 g/mol. The van der Waals surface area contributed by atoms with Crippen molar-refractivity contribution < 1.29 is 9.53 Å². The zero-order valence-electron chi connectivity index (χ0n) is 18.2. The minimum Gasteiger partial charge on any atom is -0.497 e. The van der Waals surface area contributed by atoms with E-state index >= 15 is 0 Å². The summed E-state index contributed by atoms with van der Waals surface area (Å²) in [5, 5.41) is 6.73. The SMILES string of the molecule is COc1ccc(C2CN(c3ccncc3C)CCC2NC(=O)Nc2ccc(Cl)cc2)cc1. The van der Waals surface area contributed by atoms with Crippen LogP contribution >= 0.6 is 11.6 Å². The molecule has 1 aliphatic heterocycles. The number of nitrogens with zero attached hydrogens (tertiary/aromatic N) is 2. The maximum absolute atomic E-state index is 12.8. The molecule has 2 amide bonds. The van der Waals surface area contributed by atoms with E-state index in [2.05, 4.69) is 45.6 Å². The van der Waals surface area contributed by atoms with E-state index in [0.29, 0.717) is 10.7 Å². The Balaban J connectivity index is 1.53. The Hall–Kier alpha value is -3.25. The summed E-state index contributed by atoms with van der Waals surface area (Å²) in [5.74, 6) is 0.939. The number of amides is 2. The number of carbonyl (C=O) groups is 1. The van der Waals surface area contributed by atoms with Crippen LogP contribution in [0.15, 0.2) is 67.0 Å². The molecule has 1 saturated heterocycles. The van der Waals surface area contributed by atoms with Crippen LogP contribution in [-0.2, 0) is 0 Å². The number of piperidine rings is 1. The molecule has 0 saturated carbocycles. The number of hydrogen-bond acceptors (Lipinski definition) is 4. The number of aromatic nitrogens is 1. The van der Waals surface area contributed by atoms with E-state index in [4.69, 9.17) is 16.3 Å². The molecule has 32 heavy (non-hydrogen) atoms. The zero-order valence-corrected chi connectivity index (χ0v) is 19.0. The third-order valence-electron chi connectivity index (χ3n) is 5.91. The third kappa shape index (κ3) is 5.14. The van der Waals surface area contributed by atoms with Crippen LogP contribution in [0.1, 0.15) is 23.5 Å². The molecule has 7 heteroatoms. The Morgan fingerprint density at radius 1 is 1.12 bits per heavy atom. The first-order chi connectivity index (χ1) is 15.5.